The molecule has 0 aliphatic carbocycles. The van der Waals surface area contributed by atoms with Gasteiger partial charge in [-0.15, -0.1) is 0 Å². The van der Waals surface area contributed by atoms with E-state index < -0.39 is 0 Å². The molecule has 0 saturated heterocycles. The molecule has 2 heterocycles. The maximum absolute atomic E-state index is 4.24. The highest BCUT2D eigenvalue weighted by atomic mass is 15.3. The van der Waals surface area contributed by atoms with Crippen molar-refractivity contribution < 1.29 is 0 Å². The van der Waals surface area contributed by atoms with E-state index in [1.165, 1.54) is 11.9 Å². The van der Waals surface area contributed by atoms with Crippen LogP contribution < -0.4 is 5.32 Å². The van der Waals surface area contributed by atoms with E-state index >= 15 is 0 Å². The highest BCUT2D eigenvalue weighted by molar-refractivity contribution is 5.09. The fraction of sp³-hybridized carbons (Fsp3) is 0.500. The summed E-state index contributed by atoms with van der Waals surface area (Å²) < 4.78 is 1.92. The summed E-state index contributed by atoms with van der Waals surface area (Å²) in [6.07, 6.45) is 5.45. The lowest BCUT2D eigenvalue weighted by molar-refractivity contribution is 0.559. The van der Waals surface area contributed by atoms with Gasteiger partial charge in [-0.05, 0) is 13.8 Å². The third kappa shape index (κ3) is 2.46. The van der Waals surface area contributed by atoms with E-state index in [0.29, 0.717) is 6.54 Å². The summed E-state index contributed by atoms with van der Waals surface area (Å²) in [5, 5.41) is 14.2. The van der Waals surface area contributed by atoms with Crippen molar-refractivity contribution in [2.24, 2.45) is 0 Å². The van der Waals surface area contributed by atoms with E-state index in [-0.39, 0.29) is 6.04 Å². The van der Waals surface area contributed by atoms with Crippen LogP contribution in [-0.2, 0) is 13.1 Å². The minimum atomic E-state index is 0.255. The number of nitrogens with one attached hydrogen (secondary N) is 2. The lowest BCUT2D eigenvalue weighted by Crippen LogP contribution is -2.18. The number of aryl methyl sites for hydroxylation is 1. The summed E-state index contributed by atoms with van der Waals surface area (Å²) in [5.74, 6) is 0.842. The van der Waals surface area contributed by atoms with Crippen molar-refractivity contribution in [3.05, 3.63) is 30.1 Å². The molecule has 2 aromatic heterocycles. The Balaban J connectivity index is 1.90. The summed E-state index contributed by atoms with van der Waals surface area (Å²) in [7, 11) is 0. The molecule has 2 rings (SSSR count). The van der Waals surface area contributed by atoms with Gasteiger partial charge in [-0.2, -0.15) is 10.2 Å². The van der Waals surface area contributed by atoms with E-state index in [0.717, 1.165) is 12.4 Å². The van der Waals surface area contributed by atoms with Crippen LogP contribution in [-0.4, -0.2) is 25.0 Å². The third-order valence-corrected chi connectivity index (χ3v) is 2.52. The maximum Gasteiger partial charge on any atom is 0.138 e. The predicted octanol–water partition coefficient (Wildman–Crippen LogP) is 0.872. The summed E-state index contributed by atoms with van der Waals surface area (Å²) in [6, 6.07) is 0.255. The van der Waals surface area contributed by atoms with Gasteiger partial charge in [0.1, 0.15) is 12.2 Å². The van der Waals surface area contributed by atoms with Crippen molar-refractivity contribution in [1.29, 1.82) is 0 Å². The van der Waals surface area contributed by atoms with Crippen molar-refractivity contribution >= 4 is 0 Å². The molecular formula is C10H16N6. The molecule has 86 valence electrons. The number of aromatic nitrogens is 5. The lowest BCUT2D eigenvalue weighted by Gasteiger charge is -2.09. The second-order valence-electron chi connectivity index (χ2n) is 3.66. The Morgan fingerprint density at radius 1 is 1.56 bits per heavy atom. The zero-order chi connectivity index (χ0) is 11.4. The fourth-order valence-electron chi connectivity index (χ4n) is 1.46. The minimum absolute atomic E-state index is 0.255. The highest BCUT2D eigenvalue weighted by Gasteiger charge is 2.07. The minimum Gasteiger partial charge on any atom is -0.303 e. The average Bonchev–Trinajstić information content (AvgIpc) is 2.96. The van der Waals surface area contributed by atoms with Gasteiger partial charge in [-0.1, -0.05) is 0 Å². The van der Waals surface area contributed by atoms with Crippen molar-refractivity contribution in [1.82, 2.24) is 30.3 Å². The van der Waals surface area contributed by atoms with Crippen molar-refractivity contribution in [2.75, 3.05) is 0 Å². The van der Waals surface area contributed by atoms with Crippen LogP contribution in [0.3, 0.4) is 0 Å². The first-order valence-corrected chi connectivity index (χ1v) is 5.39. The summed E-state index contributed by atoms with van der Waals surface area (Å²) >= 11 is 0. The Hall–Kier alpha value is -1.69. The number of hydrogen-bond acceptors (Lipinski definition) is 4. The molecule has 0 bridgehead atoms. The molecule has 0 aromatic carbocycles. The average molecular weight is 220 g/mol. The SMILES string of the molecule is CCn1cc(C(C)NCc2ncn[nH]2)cn1. The monoisotopic (exact) mass is 220 g/mol. The highest BCUT2D eigenvalue weighted by Crippen LogP contribution is 2.10. The molecule has 2 aromatic rings. The largest absolute Gasteiger partial charge is 0.303 e. The van der Waals surface area contributed by atoms with Gasteiger partial charge in [0.25, 0.3) is 0 Å². The van der Waals surface area contributed by atoms with Gasteiger partial charge in [0, 0.05) is 24.3 Å². The normalized spacial score (nSPS) is 12.9. The predicted molar refractivity (Wildman–Crippen MR) is 59.5 cm³/mol. The van der Waals surface area contributed by atoms with E-state index in [1.807, 2.05) is 10.9 Å². The molecule has 0 aliphatic heterocycles. The van der Waals surface area contributed by atoms with Gasteiger partial charge in [0.2, 0.25) is 0 Å². The van der Waals surface area contributed by atoms with E-state index in [1.54, 1.807) is 0 Å². The number of rotatable bonds is 5. The van der Waals surface area contributed by atoms with Crippen LogP contribution in [0.5, 0.6) is 0 Å². The number of hydrogen-bond donors (Lipinski definition) is 2. The van der Waals surface area contributed by atoms with Gasteiger partial charge >= 0.3 is 0 Å². The summed E-state index contributed by atoms with van der Waals surface area (Å²) in [5.41, 5.74) is 1.18. The first-order chi connectivity index (χ1) is 7.79. The zero-order valence-electron chi connectivity index (χ0n) is 9.51. The Kier molecular flexibility index (Phi) is 3.31. The smallest absolute Gasteiger partial charge is 0.138 e. The van der Waals surface area contributed by atoms with Crippen molar-refractivity contribution in [3.8, 4) is 0 Å². The first kappa shape index (κ1) is 10.8. The second-order valence-corrected chi connectivity index (χ2v) is 3.66. The van der Waals surface area contributed by atoms with Crippen molar-refractivity contribution in [3.63, 3.8) is 0 Å². The number of aromatic amines is 1. The third-order valence-electron chi connectivity index (χ3n) is 2.52. The van der Waals surface area contributed by atoms with Crippen LogP contribution in [0.15, 0.2) is 18.7 Å². The molecule has 0 spiro atoms. The first-order valence-electron chi connectivity index (χ1n) is 5.39. The second kappa shape index (κ2) is 4.89. The van der Waals surface area contributed by atoms with Crippen LogP contribution in [0.1, 0.15) is 31.3 Å². The van der Waals surface area contributed by atoms with Crippen LogP contribution >= 0.6 is 0 Å². The van der Waals surface area contributed by atoms with Gasteiger partial charge in [0.15, 0.2) is 0 Å². The van der Waals surface area contributed by atoms with Crippen molar-refractivity contribution in [2.45, 2.75) is 33.0 Å². The topological polar surface area (TPSA) is 71.4 Å². The molecular weight excluding hydrogens is 204 g/mol. The molecule has 0 saturated carbocycles. The van der Waals surface area contributed by atoms with Crippen LogP contribution in [0.2, 0.25) is 0 Å². The van der Waals surface area contributed by atoms with E-state index in [4.69, 9.17) is 0 Å². The number of H-pyrrole nitrogens is 1. The van der Waals surface area contributed by atoms with Gasteiger partial charge < -0.3 is 5.32 Å². The molecule has 2 N–H and O–H groups in total. The molecule has 6 heteroatoms. The van der Waals surface area contributed by atoms with Gasteiger partial charge in [-0.25, -0.2) is 4.98 Å². The summed E-state index contributed by atoms with van der Waals surface area (Å²) in [6.45, 7) is 5.75. The Morgan fingerprint density at radius 2 is 2.44 bits per heavy atom. The summed E-state index contributed by atoms with van der Waals surface area (Å²) in [4.78, 5) is 4.05. The lowest BCUT2D eigenvalue weighted by atomic mass is 10.2. The van der Waals surface area contributed by atoms with Crippen LogP contribution in [0.25, 0.3) is 0 Å². The molecule has 0 fully saturated rings. The molecule has 0 amide bonds. The van der Waals surface area contributed by atoms with E-state index in [2.05, 4.69) is 45.6 Å². The van der Waals surface area contributed by atoms with Gasteiger partial charge in [-0.3, -0.25) is 9.78 Å². The Morgan fingerprint density at radius 3 is 3.06 bits per heavy atom. The Labute approximate surface area is 94.1 Å². The Bertz CT molecular complexity index is 418. The van der Waals surface area contributed by atoms with Crippen LogP contribution in [0, 0.1) is 0 Å². The molecule has 1 atom stereocenters. The molecule has 0 aliphatic rings. The van der Waals surface area contributed by atoms with E-state index in [9.17, 15) is 0 Å². The molecule has 0 radical (unpaired) electrons. The maximum atomic E-state index is 4.24. The number of nitrogens with zero attached hydrogens (tertiary/aromatic N) is 4. The fourth-order valence-corrected chi connectivity index (χ4v) is 1.46. The van der Waals surface area contributed by atoms with Gasteiger partial charge in [0.05, 0.1) is 12.7 Å². The zero-order valence-corrected chi connectivity index (χ0v) is 9.51. The molecule has 1 unspecified atom stereocenters. The standard InChI is InChI=1S/C10H16N6/c1-3-16-6-9(4-14-16)8(2)11-5-10-12-7-13-15-10/h4,6-8,11H,3,5H2,1-2H3,(H,12,13,15). The quantitative estimate of drug-likeness (QED) is 0.784. The molecule has 6 nitrogen and oxygen atoms in total. The van der Waals surface area contributed by atoms with Crippen LogP contribution in [0.4, 0.5) is 0 Å². The molecule has 16 heavy (non-hydrogen) atoms.